The highest BCUT2D eigenvalue weighted by Crippen LogP contribution is 2.26. The maximum atomic E-state index is 12.3. The van der Waals surface area contributed by atoms with Crippen LogP contribution < -0.4 is 15.0 Å². The van der Waals surface area contributed by atoms with E-state index in [1.165, 1.54) is 0 Å². The number of carbonyl (C=O) groups excluding carboxylic acids is 2. The van der Waals surface area contributed by atoms with Gasteiger partial charge in [0.2, 0.25) is 11.8 Å². The Kier molecular flexibility index (Phi) is 5.67. The lowest BCUT2D eigenvalue weighted by molar-refractivity contribution is -0.123. The lowest BCUT2D eigenvalue weighted by Gasteiger charge is -2.22. The number of amides is 2. The van der Waals surface area contributed by atoms with Crippen molar-refractivity contribution < 1.29 is 14.3 Å². The molecule has 2 aromatic rings. The standard InChI is InChI=1S/C20H22N2O3/c23-19(21-13-14-25-17-9-2-1-3-10-17)15-22-18-11-5-4-7-16(18)8-6-12-20(22)24/h1-5,7,9-11H,6,8,12-15H2,(H,21,23). The van der Waals surface area contributed by atoms with Gasteiger partial charge in [0.05, 0.1) is 6.54 Å². The van der Waals surface area contributed by atoms with Crippen molar-refractivity contribution in [2.75, 3.05) is 24.6 Å². The number of anilines is 1. The number of aryl methyl sites for hydroxylation is 1. The summed E-state index contributed by atoms with van der Waals surface area (Å²) in [6.07, 6.45) is 2.16. The van der Waals surface area contributed by atoms with Crippen LogP contribution in [0.25, 0.3) is 0 Å². The van der Waals surface area contributed by atoms with Gasteiger partial charge in [0.1, 0.15) is 18.9 Å². The molecule has 0 atom stereocenters. The molecular formula is C20H22N2O3. The number of benzene rings is 2. The van der Waals surface area contributed by atoms with Crippen molar-refractivity contribution in [3.05, 3.63) is 60.2 Å². The van der Waals surface area contributed by atoms with Gasteiger partial charge < -0.3 is 15.0 Å². The van der Waals surface area contributed by atoms with Gasteiger partial charge in [0.15, 0.2) is 0 Å². The molecule has 1 aliphatic rings. The van der Waals surface area contributed by atoms with Crippen LogP contribution in [0.2, 0.25) is 0 Å². The first kappa shape index (κ1) is 17.0. The summed E-state index contributed by atoms with van der Waals surface area (Å²) in [7, 11) is 0. The van der Waals surface area contributed by atoms with E-state index in [4.69, 9.17) is 4.74 Å². The minimum atomic E-state index is -0.179. The Labute approximate surface area is 147 Å². The summed E-state index contributed by atoms with van der Waals surface area (Å²) in [6, 6.07) is 17.3. The number of nitrogens with zero attached hydrogens (tertiary/aromatic N) is 1. The van der Waals surface area contributed by atoms with E-state index in [1.807, 2.05) is 54.6 Å². The normalized spacial score (nSPS) is 13.8. The van der Waals surface area contributed by atoms with Crippen molar-refractivity contribution in [1.82, 2.24) is 5.32 Å². The van der Waals surface area contributed by atoms with Crippen LogP contribution in [0.15, 0.2) is 54.6 Å². The summed E-state index contributed by atoms with van der Waals surface area (Å²) in [5, 5.41) is 2.81. The van der Waals surface area contributed by atoms with Crippen molar-refractivity contribution in [3.63, 3.8) is 0 Å². The number of carbonyl (C=O) groups is 2. The molecule has 2 amide bonds. The van der Waals surface area contributed by atoms with Crippen molar-refractivity contribution in [2.24, 2.45) is 0 Å². The maximum absolute atomic E-state index is 12.3. The summed E-state index contributed by atoms with van der Waals surface area (Å²) in [5.74, 6) is 0.593. The number of hydrogen-bond donors (Lipinski definition) is 1. The Morgan fingerprint density at radius 2 is 1.80 bits per heavy atom. The molecular weight excluding hydrogens is 316 g/mol. The molecule has 3 rings (SSSR count). The van der Waals surface area contributed by atoms with Crippen LogP contribution in [0, 0.1) is 0 Å². The zero-order valence-electron chi connectivity index (χ0n) is 14.1. The van der Waals surface area contributed by atoms with Gasteiger partial charge in [-0.25, -0.2) is 0 Å². The van der Waals surface area contributed by atoms with Crippen LogP contribution in [0.1, 0.15) is 18.4 Å². The van der Waals surface area contributed by atoms with Crippen LogP contribution in [-0.4, -0.2) is 31.5 Å². The van der Waals surface area contributed by atoms with Crippen molar-refractivity contribution in [1.29, 1.82) is 0 Å². The molecule has 1 aliphatic heterocycles. The van der Waals surface area contributed by atoms with Crippen molar-refractivity contribution in [2.45, 2.75) is 19.3 Å². The first-order chi connectivity index (χ1) is 12.2. The van der Waals surface area contributed by atoms with E-state index in [2.05, 4.69) is 5.32 Å². The molecule has 1 heterocycles. The Hall–Kier alpha value is -2.82. The van der Waals surface area contributed by atoms with Gasteiger partial charge in [-0.15, -0.1) is 0 Å². The minimum absolute atomic E-state index is 0.000588. The topological polar surface area (TPSA) is 58.6 Å². The van der Waals surface area contributed by atoms with Gasteiger partial charge in [-0.2, -0.15) is 0 Å². The lowest BCUT2D eigenvalue weighted by Crippen LogP contribution is -2.41. The number of rotatable bonds is 6. The van der Waals surface area contributed by atoms with Crippen LogP contribution in [-0.2, 0) is 16.0 Å². The summed E-state index contributed by atoms with van der Waals surface area (Å²) in [5.41, 5.74) is 1.97. The zero-order valence-corrected chi connectivity index (χ0v) is 14.1. The van der Waals surface area contributed by atoms with Gasteiger partial charge in [0.25, 0.3) is 0 Å². The van der Waals surface area contributed by atoms with E-state index in [-0.39, 0.29) is 18.4 Å². The number of fused-ring (bicyclic) bond motifs is 1. The fourth-order valence-electron chi connectivity index (χ4n) is 2.93. The van der Waals surface area contributed by atoms with Crippen LogP contribution >= 0.6 is 0 Å². The first-order valence-corrected chi connectivity index (χ1v) is 8.57. The lowest BCUT2D eigenvalue weighted by atomic mass is 10.1. The second-order valence-corrected chi connectivity index (χ2v) is 5.97. The third kappa shape index (κ3) is 4.59. The number of ether oxygens (including phenoxy) is 1. The summed E-state index contributed by atoms with van der Waals surface area (Å²) in [4.78, 5) is 26.2. The molecule has 0 aliphatic carbocycles. The number of hydrogen-bond acceptors (Lipinski definition) is 3. The van der Waals surface area contributed by atoms with Gasteiger partial charge >= 0.3 is 0 Å². The average molecular weight is 338 g/mol. The van der Waals surface area contributed by atoms with E-state index < -0.39 is 0 Å². The quantitative estimate of drug-likeness (QED) is 0.824. The molecule has 0 bridgehead atoms. The van der Waals surface area contributed by atoms with Gasteiger partial charge in [0, 0.05) is 12.1 Å². The molecule has 1 N–H and O–H groups in total. The highest BCUT2D eigenvalue weighted by Gasteiger charge is 2.23. The molecule has 130 valence electrons. The summed E-state index contributed by atoms with van der Waals surface area (Å²) in [6.45, 7) is 0.832. The highest BCUT2D eigenvalue weighted by atomic mass is 16.5. The molecule has 0 unspecified atom stereocenters. The maximum Gasteiger partial charge on any atom is 0.240 e. The van der Waals surface area contributed by atoms with E-state index in [9.17, 15) is 9.59 Å². The molecule has 25 heavy (non-hydrogen) atoms. The van der Waals surface area contributed by atoms with Crippen molar-refractivity contribution in [3.8, 4) is 5.75 Å². The SMILES string of the molecule is O=C(CN1C(=O)CCCc2ccccc21)NCCOc1ccccc1. The molecule has 2 aromatic carbocycles. The monoisotopic (exact) mass is 338 g/mol. The predicted molar refractivity (Wildman–Crippen MR) is 96.7 cm³/mol. The molecule has 0 saturated heterocycles. The molecule has 0 radical (unpaired) electrons. The molecule has 0 spiro atoms. The smallest absolute Gasteiger partial charge is 0.240 e. The zero-order chi connectivity index (χ0) is 17.5. The fraction of sp³-hybridized carbons (Fsp3) is 0.300. The van der Waals surface area contributed by atoms with Crippen LogP contribution in [0.5, 0.6) is 5.75 Å². The second-order valence-electron chi connectivity index (χ2n) is 5.97. The van der Waals surface area contributed by atoms with E-state index in [0.717, 1.165) is 29.8 Å². The van der Waals surface area contributed by atoms with Crippen LogP contribution in [0.3, 0.4) is 0 Å². The van der Waals surface area contributed by atoms with Crippen molar-refractivity contribution >= 4 is 17.5 Å². The highest BCUT2D eigenvalue weighted by molar-refractivity contribution is 5.99. The van der Waals surface area contributed by atoms with Gasteiger partial charge in [-0.3, -0.25) is 9.59 Å². The largest absolute Gasteiger partial charge is 0.492 e. The van der Waals surface area contributed by atoms with Gasteiger partial charge in [-0.05, 0) is 36.6 Å². The Morgan fingerprint density at radius 3 is 2.64 bits per heavy atom. The average Bonchev–Trinajstić information content (AvgIpc) is 2.79. The van der Waals surface area contributed by atoms with E-state index >= 15 is 0 Å². The Balaban J connectivity index is 1.52. The first-order valence-electron chi connectivity index (χ1n) is 8.57. The summed E-state index contributed by atoms with van der Waals surface area (Å²) < 4.78 is 5.55. The molecule has 0 aromatic heterocycles. The second kappa shape index (κ2) is 8.33. The van der Waals surface area contributed by atoms with E-state index in [0.29, 0.717) is 19.6 Å². The number of nitrogens with one attached hydrogen (secondary N) is 1. The molecule has 5 heteroatoms. The number of para-hydroxylation sites is 2. The minimum Gasteiger partial charge on any atom is -0.492 e. The predicted octanol–water partition coefficient (Wildman–Crippen LogP) is 2.55. The molecule has 5 nitrogen and oxygen atoms in total. The Morgan fingerprint density at radius 1 is 1.04 bits per heavy atom. The fourth-order valence-corrected chi connectivity index (χ4v) is 2.93. The van der Waals surface area contributed by atoms with E-state index in [1.54, 1.807) is 4.90 Å². The van der Waals surface area contributed by atoms with Gasteiger partial charge in [-0.1, -0.05) is 36.4 Å². The van der Waals surface area contributed by atoms with Crippen LogP contribution in [0.4, 0.5) is 5.69 Å². The molecule has 0 fully saturated rings. The summed E-state index contributed by atoms with van der Waals surface area (Å²) >= 11 is 0. The third-order valence-electron chi connectivity index (χ3n) is 4.16. The molecule has 0 saturated carbocycles. The third-order valence-corrected chi connectivity index (χ3v) is 4.16. The Bertz CT molecular complexity index is 731.